The smallest absolute Gasteiger partial charge is 0.303 e. The van der Waals surface area contributed by atoms with Gasteiger partial charge in [0.1, 0.15) is 0 Å². The Labute approximate surface area is 157 Å². The first-order valence-electron chi connectivity index (χ1n) is 9.10. The third kappa shape index (κ3) is 19.9. The Balaban J connectivity index is 3.71. The van der Waals surface area contributed by atoms with Crippen LogP contribution in [0.3, 0.4) is 0 Å². The molecule has 0 unspecified atom stereocenters. The lowest BCUT2D eigenvalue weighted by atomic mass is 10.2. The highest BCUT2D eigenvalue weighted by Gasteiger charge is 1.92. The van der Waals surface area contributed by atoms with Crippen LogP contribution < -0.4 is 0 Å². The molecule has 4 heteroatoms. The van der Waals surface area contributed by atoms with Gasteiger partial charge in [0.2, 0.25) is 0 Å². The van der Waals surface area contributed by atoms with Gasteiger partial charge in [-0.1, -0.05) is 72.9 Å². The molecule has 0 spiro atoms. The van der Waals surface area contributed by atoms with E-state index in [4.69, 9.17) is 10.2 Å². The zero-order valence-corrected chi connectivity index (χ0v) is 15.4. The molecule has 0 aromatic rings. The predicted octanol–water partition coefficient (Wildman–Crippen LogP) is 4.49. The molecule has 0 radical (unpaired) electrons. The van der Waals surface area contributed by atoms with Gasteiger partial charge in [0, 0.05) is 13.0 Å². The van der Waals surface area contributed by atoms with Gasteiger partial charge in [-0.25, -0.2) is 0 Å². The summed E-state index contributed by atoms with van der Waals surface area (Å²) >= 11 is 0. The molecule has 0 aromatic carbocycles. The topological polar surface area (TPSA) is 77.8 Å². The Morgan fingerprint density at radius 1 is 0.769 bits per heavy atom. The van der Waals surface area contributed by atoms with Crippen molar-refractivity contribution in [2.45, 2.75) is 51.0 Å². The van der Waals surface area contributed by atoms with Crippen LogP contribution in [0.2, 0.25) is 0 Å². The van der Waals surface area contributed by atoms with Gasteiger partial charge in [0.25, 0.3) is 0 Å². The number of hydrogen-bond acceptors (Lipinski definition) is 3. The molecule has 0 aliphatic rings. The summed E-state index contributed by atoms with van der Waals surface area (Å²) in [6.45, 7) is 0.179. The van der Waals surface area contributed by atoms with Crippen molar-refractivity contribution in [1.82, 2.24) is 0 Å². The molecule has 3 N–H and O–H groups in total. The van der Waals surface area contributed by atoms with Crippen molar-refractivity contribution in [1.29, 1.82) is 0 Å². The largest absolute Gasteiger partial charge is 0.481 e. The summed E-state index contributed by atoms with van der Waals surface area (Å²) in [4.78, 5) is 10.3. The average Bonchev–Trinajstić information content (AvgIpc) is 2.61. The molecule has 0 saturated carbocycles. The van der Waals surface area contributed by atoms with Gasteiger partial charge in [-0.05, 0) is 38.5 Å². The van der Waals surface area contributed by atoms with Crippen molar-refractivity contribution in [3.05, 3.63) is 72.9 Å². The molecular formula is C22H32O4. The summed E-state index contributed by atoms with van der Waals surface area (Å²) in [5.41, 5.74) is 0. The molecule has 0 saturated heterocycles. The summed E-state index contributed by atoms with van der Waals surface area (Å²) in [6, 6.07) is 0. The number of carboxylic acid groups (broad SMARTS) is 1. The SMILES string of the molecule is O=C(O)CC/C=C\C/C=C\C/C=C\C=C\[C@H](O)C/C=C\C/C=C\CCO. The van der Waals surface area contributed by atoms with E-state index in [1.807, 2.05) is 60.8 Å². The Bertz CT molecular complexity index is 510. The molecule has 0 aliphatic carbocycles. The highest BCUT2D eigenvalue weighted by molar-refractivity contribution is 5.66. The first-order chi connectivity index (χ1) is 12.7. The molecule has 0 heterocycles. The van der Waals surface area contributed by atoms with Crippen LogP contribution in [0, 0.1) is 0 Å². The summed E-state index contributed by atoms with van der Waals surface area (Å²) in [5.74, 6) is -0.768. The third-order valence-electron chi connectivity index (χ3n) is 3.26. The van der Waals surface area contributed by atoms with E-state index in [0.717, 1.165) is 19.3 Å². The molecule has 4 nitrogen and oxygen atoms in total. The third-order valence-corrected chi connectivity index (χ3v) is 3.26. The molecule has 0 rings (SSSR count). The Morgan fingerprint density at radius 3 is 2.00 bits per heavy atom. The van der Waals surface area contributed by atoms with Gasteiger partial charge in [-0.3, -0.25) is 4.79 Å². The number of rotatable bonds is 15. The van der Waals surface area contributed by atoms with Gasteiger partial charge >= 0.3 is 5.97 Å². The van der Waals surface area contributed by atoms with Gasteiger partial charge in [0.05, 0.1) is 6.10 Å². The average molecular weight is 360 g/mol. The van der Waals surface area contributed by atoms with Crippen molar-refractivity contribution in [2.75, 3.05) is 6.61 Å². The Kier molecular flexibility index (Phi) is 17.6. The van der Waals surface area contributed by atoms with Crippen LogP contribution in [0.4, 0.5) is 0 Å². The molecule has 0 aliphatic heterocycles. The standard InChI is InChI=1S/C22H32O4/c23-20-16-12-8-7-10-14-18-21(24)17-13-9-5-3-1-2-4-6-11-15-19-22(25)26/h1-2,5-6,8-14,17,21,23-24H,3-4,7,15-16,18-20H2,(H,25,26)/b2-1-,9-5-,11-6-,12-8-,14-10-,17-13+/t21-/m0/s1. The minimum absolute atomic E-state index is 0.179. The monoisotopic (exact) mass is 360 g/mol. The lowest BCUT2D eigenvalue weighted by Gasteiger charge is -1.98. The highest BCUT2D eigenvalue weighted by atomic mass is 16.4. The fraction of sp³-hybridized carbons (Fsp3) is 0.409. The Morgan fingerprint density at radius 2 is 1.35 bits per heavy atom. The lowest BCUT2D eigenvalue weighted by Crippen LogP contribution is -1.98. The molecule has 0 amide bonds. The van der Waals surface area contributed by atoms with Crippen molar-refractivity contribution in [2.24, 2.45) is 0 Å². The van der Waals surface area contributed by atoms with Crippen LogP contribution in [0.25, 0.3) is 0 Å². The van der Waals surface area contributed by atoms with Crippen LogP contribution >= 0.6 is 0 Å². The Hall–Kier alpha value is -2.17. The lowest BCUT2D eigenvalue weighted by molar-refractivity contribution is -0.136. The zero-order valence-electron chi connectivity index (χ0n) is 15.4. The van der Waals surface area contributed by atoms with Gasteiger partial charge in [0.15, 0.2) is 0 Å². The van der Waals surface area contributed by atoms with Crippen molar-refractivity contribution < 1.29 is 20.1 Å². The van der Waals surface area contributed by atoms with E-state index < -0.39 is 12.1 Å². The maximum atomic E-state index is 10.3. The molecule has 0 aromatic heterocycles. The summed E-state index contributed by atoms with van der Waals surface area (Å²) < 4.78 is 0. The molecule has 26 heavy (non-hydrogen) atoms. The second kappa shape index (κ2) is 19.2. The maximum absolute atomic E-state index is 10.3. The number of allylic oxidation sites excluding steroid dienone is 9. The number of aliphatic hydroxyl groups is 2. The second-order valence-corrected chi connectivity index (χ2v) is 5.65. The molecular weight excluding hydrogens is 328 g/mol. The summed E-state index contributed by atoms with van der Waals surface area (Å²) in [7, 11) is 0. The number of hydrogen-bond donors (Lipinski definition) is 3. The molecule has 0 fully saturated rings. The van der Waals surface area contributed by atoms with Gasteiger partial charge in [-0.2, -0.15) is 0 Å². The summed E-state index contributed by atoms with van der Waals surface area (Å²) in [6.07, 6.45) is 27.4. The first-order valence-corrected chi connectivity index (χ1v) is 9.10. The van der Waals surface area contributed by atoms with Crippen LogP contribution in [0.15, 0.2) is 72.9 Å². The van der Waals surface area contributed by atoms with E-state index in [1.54, 1.807) is 6.08 Å². The highest BCUT2D eigenvalue weighted by Crippen LogP contribution is 1.99. The molecule has 144 valence electrons. The van der Waals surface area contributed by atoms with E-state index in [9.17, 15) is 9.90 Å². The molecule has 1 atom stereocenters. The van der Waals surface area contributed by atoms with Crippen molar-refractivity contribution >= 4 is 5.97 Å². The number of aliphatic carboxylic acids is 1. The maximum Gasteiger partial charge on any atom is 0.303 e. The summed E-state index contributed by atoms with van der Waals surface area (Å²) in [5, 5.41) is 26.9. The van der Waals surface area contributed by atoms with Crippen molar-refractivity contribution in [3.63, 3.8) is 0 Å². The minimum Gasteiger partial charge on any atom is -0.481 e. The van der Waals surface area contributed by atoms with Crippen molar-refractivity contribution in [3.8, 4) is 0 Å². The predicted molar refractivity (Wildman–Crippen MR) is 108 cm³/mol. The van der Waals surface area contributed by atoms with Crippen LogP contribution in [-0.4, -0.2) is 34.0 Å². The quantitative estimate of drug-likeness (QED) is 0.297. The van der Waals surface area contributed by atoms with E-state index in [1.165, 1.54) is 0 Å². The number of aliphatic hydroxyl groups excluding tert-OH is 2. The zero-order chi connectivity index (χ0) is 19.3. The minimum atomic E-state index is -0.768. The van der Waals surface area contributed by atoms with E-state index in [0.29, 0.717) is 19.3 Å². The molecule has 0 bridgehead atoms. The first kappa shape index (κ1) is 23.8. The van der Waals surface area contributed by atoms with E-state index in [-0.39, 0.29) is 13.0 Å². The van der Waals surface area contributed by atoms with E-state index in [2.05, 4.69) is 6.08 Å². The van der Waals surface area contributed by atoms with Crippen LogP contribution in [0.1, 0.15) is 44.9 Å². The fourth-order valence-electron chi connectivity index (χ4n) is 1.90. The second-order valence-electron chi connectivity index (χ2n) is 5.65. The normalized spacial score (nSPS) is 14.2. The van der Waals surface area contributed by atoms with E-state index >= 15 is 0 Å². The van der Waals surface area contributed by atoms with Gasteiger partial charge in [-0.15, -0.1) is 0 Å². The van der Waals surface area contributed by atoms with Crippen LogP contribution in [-0.2, 0) is 4.79 Å². The fourth-order valence-corrected chi connectivity index (χ4v) is 1.90. The number of carbonyl (C=O) groups is 1. The number of carboxylic acids is 1. The van der Waals surface area contributed by atoms with Gasteiger partial charge < -0.3 is 15.3 Å². The van der Waals surface area contributed by atoms with Crippen LogP contribution in [0.5, 0.6) is 0 Å².